The largest absolute Gasteiger partial charge is 0.423 e. The van der Waals surface area contributed by atoms with Crippen LogP contribution in [0.5, 0.6) is 5.75 Å². The first-order chi connectivity index (χ1) is 15.4. The highest BCUT2D eigenvalue weighted by Crippen LogP contribution is 2.32. The zero-order valence-electron chi connectivity index (χ0n) is 17.4. The van der Waals surface area contributed by atoms with Gasteiger partial charge in [-0.25, -0.2) is 9.69 Å². The molecule has 1 N–H and O–H groups in total. The minimum Gasteiger partial charge on any atom is -0.423 e. The number of rotatable bonds is 5. The quantitative estimate of drug-likeness (QED) is 0.340. The first-order valence-electron chi connectivity index (χ1n) is 9.86. The van der Waals surface area contributed by atoms with E-state index in [9.17, 15) is 14.4 Å². The number of para-hydroxylation sites is 1. The van der Waals surface area contributed by atoms with Crippen molar-refractivity contribution in [3.8, 4) is 5.75 Å². The predicted molar refractivity (Wildman–Crippen MR) is 123 cm³/mol. The van der Waals surface area contributed by atoms with Gasteiger partial charge < -0.3 is 10.1 Å². The van der Waals surface area contributed by atoms with E-state index in [0.717, 1.165) is 16.0 Å². The van der Waals surface area contributed by atoms with E-state index in [-0.39, 0.29) is 10.7 Å². The van der Waals surface area contributed by atoms with Crippen LogP contribution in [0.2, 0.25) is 0 Å². The maximum atomic E-state index is 13.0. The van der Waals surface area contributed by atoms with Crippen molar-refractivity contribution in [2.45, 2.75) is 13.8 Å². The Morgan fingerprint density at radius 3 is 2.25 bits per heavy atom. The molecule has 7 heteroatoms. The van der Waals surface area contributed by atoms with E-state index in [1.54, 1.807) is 60.7 Å². The molecule has 32 heavy (non-hydrogen) atoms. The summed E-state index contributed by atoms with van der Waals surface area (Å²) in [6.45, 7) is 3.75. The molecule has 0 atom stereocenters. The lowest BCUT2D eigenvalue weighted by molar-refractivity contribution is -0.120. The van der Waals surface area contributed by atoms with Gasteiger partial charge in [0.1, 0.15) is 16.5 Å². The Labute approximate surface area is 190 Å². The van der Waals surface area contributed by atoms with Crippen LogP contribution in [0.1, 0.15) is 21.5 Å². The molecule has 0 aliphatic carbocycles. The summed E-state index contributed by atoms with van der Waals surface area (Å²) >= 11 is 6.21. The predicted octanol–water partition coefficient (Wildman–Crippen LogP) is 4.96. The molecular weight excluding hydrogens is 428 g/mol. The van der Waals surface area contributed by atoms with Crippen LogP contribution in [-0.2, 0) is 9.59 Å². The molecule has 1 aliphatic rings. The van der Waals surface area contributed by atoms with Gasteiger partial charge in [-0.15, -0.1) is 0 Å². The van der Waals surface area contributed by atoms with Crippen molar-refractivity contribution >= 4 is 40.8 Å². The molecule has 2 amide bonds. The summed E-state index contributed by atoms with van der Waals surface area (Å²) in [5.41, 5.74) is 3.09. The van der Waals surface area contributed by atoms with Crippen LogP contribution >= 0.6 is 11.6 Å². The van der Waals surface area contributed by atoms with Crippen LogP contribution in [0, 0.1) is 13.8 Å². The Morgan fingerprint density at radius 2 is 1.56 bits per heavy atom. The molecule has 1 aliphatic heterocycles. The third-order valence-corrected chi connectivity index (χ3v) is 5.54. The molecule has 0 radical (unpaired) electrons. The first-order valence-corrected chi connectivity index (χ1v) is 10.2. The Kier molecular flexibility index (Phi) is 5.79. The maximum Gasteiger partial charge on any atom is 0.343 e. The number of carbonyl (C=O) groups is 3. The van der Waals surface area contributed by atoms with Gasteiger partial charge in [0.05, 0.1) is 11.3 Å². The fourth-order valence-electron chi connectivity index (χ4n) is 3.30. The number of esters is 1. The van der Waals surface area contributed by atoms with E-state index in [4.69, 9.17) is 16.3 Å². The normalized spacial score (nSPS) is 13.5. The average molecular weight is 447 g/mol. The fraction of sp³-hybridized carbons (Fsp3) is 0.0800. The highest BCUT2D eigenvalue weighted by atomic mass is 35.5. The third-order valence-electron chi connectivity index (χ3n) is 5.19. The van der Waals surface area contributed by atoms with Gasteiger partial charge in [0, 0.05) is 5.69 Å². The van der Waals surface area contributed by atoms with Gasteiger partial charge in [-0.2, -0.15) is 0 Å². The Balaban J connectivity index is 1.51. The number of nitrogens with zero attached hydrogens (tertiary/aromatic N) is 1. The van der Waals surface area contributed by atoms with E-state index in [2.05, 4.69) is 5.32 Å². The second-order valence-corrected chi connectivity index (χ2v) is 7.64. The molecule has 3 aromatic carbocycles. The van der Waals surface area contributed by atoms with Gasteiger partial charge in [-0.05, 0) is 67.4 Å². The van der Waals surface area contributed by atoms with Crippen LogP contribution < -0.4 is 15.0 Å². The minimum absolute atomic E-state index is 0.0165. The molecule has 0 aromatic heterocycles. The van der Waals surface area contributed by atoms with E-state index >= 15 is 0 Å². The molecular formula is C25H19ClN2O4. The number of nitrogens with one attached hydrogen (secondary N) is 1. The topological polar surface area (TPSA) is 75.7 Å². The fourth-order valence-corrected chi connectivity index (χ4v) is 3.51. The van der Waals surface area contributed by atoms with Crippen LogP contribution in [0.15, 0.2) is 83.5 Å². The lowest BCUT2D eigenvalue weighted by Gasteiger charge is -2.18. The van der Waals surface area contributed by atoms with Gasteiger partial charge in [0.2, 0.25) is 0 Å². The van der Waals surface area contributed by atoms with Gasteiger partial charge >= 0.3 is 5.97 Å². The smallest absolute Gasteiger partial charge is 0.343 e. The van der Waals surface area contributed by atoms with E-state index in [1.165, 1.54) is 0 Å². The second-order valence-electron chi connectivity index (χ2n) is 7.26. The molecule has 4 rings (SSSR count). The van der Waals surface area contributed by atoms with Crippen molar-refractivity contribution in [1.29, 1.82) is 0 Å². The van der Waals surface area contributed by atoms with Crippen LogP contribution in [0.3, 0.4) is 0 Å². The summed E-state index contributed by atoms with van der Waals surface area (Å²) < 4.78 is 5.31. The number of imide groups is 1. The van der Waals surface area contributed by atoms with Crippen LogP contribution in [-0.4, -0.2) is 17.8 Å². The summed E-state index contributed by atoms with van der Waals surface area (Å²) in [5.74, 6) is -1.19. The molecule has 3 aromatic rings. The van der Waals surface area contributed by atoms with Gasteiger partial charge in [-0.3, -0.25) is 9.59 Å². The van der Waals surface area contributed by atoms with Crippen molar-refractivity contribution in [3.05, 3.63) is 100 Å². The summed E-state index contributed by atoms with van der Waals surface area (Å²) in [5, 5.41) is 2.71. The third kappa shape index (κ3) is 4.00. The highest BCUT2D eigenvalue weighted by molar-refractivity contribution is 6.53. The van der Waals surface area contributed by atoms with Gasteiger partial charge in [0.25, 0.3) is 11.8 Å². The van der Waals surface area contributed by atoms with Crippen LogP contribution in [0.25, 0.3) is 0 Å². The Hall–Kier alpha value is -3.90. The standard InChI is InChI=1S/C25H19ClN2O4/c1-15-7-6-10-20(16(15)2)28-23(29)21(26)22(24(28)30)27-18-13-11-17(12-14-18)25(31)32-19-8-4-3-5-9-19/h3-14,27H,1-2H3. The van der Waals surface area contributed by atoms with Crippen molar-refractivity contribution < 1.29 is 19.1 Å². The number of anilines is 2. The lowest BCUT2D eigenvalue weighted by Crippen LogP contribution is -2.33. The number of carbonyl (C=O) groups excluding carboxylic acids is 3. The number of benzene rings is 3. The monoisotopic (exact) mass is 446 g/mol. The van der Waals surface area contributed by atoms with Gasteiger partial charge in [-0.1, -0.05) is 41.9 Å². The lowest BCUT2D eigenvalue weighted by atomic mass is 10.1. The van der Waals surface area contributed by atoms with E-state index in [1.807, 2.05) is 26.0 Å². The molecule has 160 valence electrons. The van der Waals surface area contributed by atoms with E-state index < -0.39 is 17.8 Å². The minimum atomic E-state index is -0.587. The van der Waals surface area contributed by atoms with Crippen molar-refractivity contribution in [1.82, 2.24) is 0 Å². The summed E-state index contributed by atoms with van der Waals surface area (Å²) in [6, 6.07) is 20.5. The molecule has 0 saturated heterocycles. The number of amides is 2. The van der Waals surface area contributed by atoms with Gasteiger partial charge in [0.15, 0.2) is 0 Å². The molecule has 6 nitrogen and oxygen atoms in total. The molecule has 1 heterocycles. The molecule has 0 fully saturated rings. The highest BCUT2D eigenvalue weighted by Gasteiger charge is 2.39. The zero-order chi connectivity index (χ0) is 22.8. The number of halogens is 1. The number of aryl methyl sites for hydroxylation is 1. The summed E-state index contributed by atoms with van der Waals surface area (Å²) in [7, 11) is 0. The first kappa shape index (κ1) is 21.3. The van der Waals surface area contributed by atoms with E-state index in [0.29, 0.717) is 22.7 Å². The average Bonchev–Trinajstić information content (AvgIpc) is 3.00. The van der Waals surface area contributed by atoms with Crippen molar-refractivity contribution in [2.75, 3.05) is 10.2 Å². The molecule has 0 unspecified atom stereocenters. The Morgan fingerprint density at radius 1 is 0.875 bits per heavy atom. The maximum absolute atomic E-state index is 13.0. The zero-order valence-corrected chi connectivity index (χ0v) is 18.1. The Bertz CT molecular complexity index is 1250. The molecule has 0 bridgehead atoms. The SMILES string of the molecule is Cc1cccc(N2C(=O)C(Cl)=C(Nc3ccc(C(=O)Oc4ccccc4)cc3)C2=O)c1C. The summed E-state index contributed by atoms with van der Waals surface area (Å²) in [6.07, 6.45) is 0. The molecule has 0 saturated carbocycles. The number of hydrogen-bond donors (Lipinski definition) is 1. The second kappa shape index (κ2) is 8.69. The number of hydrogen-bond acceptors (Lipinski definition) is 5. The summed E-state index contributed by atoms with van der Waals surface area (Å²) in [4.78, 5) is 39.1. The molecule has 0 spiro atoms. The number of ether oxygens (including phenoxy) is 1. The van der Waals surface area contributed by atoms with Crippen molar-refractivity contribution in [2.24, 2.45) is 0 Å². The van der Waals surface area contributed by atoms with Crippen molar-refractivity contribution in [3.63, 3.8) is 0 Å². The van der Waals surface area contributed by atoms with Crippen LogP contribution in [0.4, 0.5) is 11.4 Å².